The molecule has 0 saturated carbocycles. The molecular formula is C18H16N4O2. The van der Waals surface area contributed by atoms with Gasteiger partial charge in [0.15, 0.2) is 0 Å². The van der Waals surface area contributed by atoms with E-state index in [1.54, 1.807) is 22.9 Å². The monoisotopic (exact) mass is 320 g/mol. The van der Waals surface area contributed by atoms with Crippen molar-refractivity contribution in [1.82, 2.24) is 14.8 Å². The van der Waals surface area contributed by atoms with Crippen LogP contribution in [0.2, 0.25) is 0 Å². The summed E-state index contributed by atoms with van der Waals surface area (Å²) in [6, 6.07) is 12.9. The molecular weight excluding hydrogens is 304 g/mol. The van der Waals surface area contributed by atoms with Gasteiger partial charge in [0.2, 0.25) is 0 Å². The average Bonchev–Trinajstić information content (AvgIpc) is 3.05. The normalized spacial score (nSPS) is 10.8. The van der Waals surface area contributed by atoms with Crippen LogP contribution in [-0.2, 0) is 0 Å². The number of nitrogens with one attached hydrogen (secondary N) is 1. The zero-order valence-corrected chi connectivity index (χ0v) is 12.9. The maximum atomic E-state index is 12.0. The number of pyridine rings is 1. The number of hydrogen-bond acceptors (Lipinski definition) is 4. The number of benzene rings is 1. The fourth-order valence-corrected chi connectivity index (χ4v) is 2.07. The van der Waals surface area contributed by atoms with E-state index in [-0.39, 0.29) is 5.91 Å². The third-order valence-electron chi connectivity index (χ3n) is 3.22. The Kier molecular flexibility index (Phi) is 4.67. The number of rotatable bonds is 6. The molecule has 0 atom stereocenters. The van der Waals surface area contributed by atoms with E-state index >= 15 is 0 Å². The molecule has 2 aromatic heterocycles. The number of hydrogen-bond donors (Lipinski definition) is 1. The van der Waals surface area contributed by atoms with Crippen LogP contribution in [0.1, 0.15) is 16.1 Å². The van der Waals surface area contributed by atoms with Gasteiger partial charge in [-0.1, -0.05) is 18.7 Å². The highest BCUT2D eigenvalue weighted by atomic mass is 16.5. The van der Waals surface area contributed by atoms with Crippen LogP contribution in [0.4, 0.5) is 0 Å². The minimum Gasteiger partial charge on any atom is -0.490 e. The van der Waals surface area contributed by atoms with E-state index in [9.17, 15) is 4.79 Å². The van der Waals surface area contributed by atoms with Crippen molar-refractivity contribution in [3.63, 3.8) is 0 Å². The Morgan fingerprint density at radius 1 is 1.29 bits per heavy atom. The Balaban J connectivity index is 1.60. The molecule has 2 heterocycles. The molecule has 0 unspecified atom stereocenters. The highest BCUT2D eigenvalue weighted by Gasteiger charge is 2.09. The van der Waals surface area contributed by atoms with Gasteiger partial charge in [0, 0.05) is 12.4 Å². The largest absolute Gasteiger partial charge is 0.490 e. The molecule has 120 valence electrons. The van der Waals surface area contributed by atoms with Crippen molar-refractivity contribution in [2.75, 3.05) is 6.61 Å². The van der Waals surface area contributed by atoms with Crippen LogP contribution in [0.15, 0.2) is 72.6 Å². The number of aromatic nitrogens is 2. The number of fused-ring (bicyclic) bond motifs is 1. The van der Waals surface area contributed by atoms with Gasteiger partial charge in [0.05, 0.1) is 6.21 Å². The van der Waals surface area contributed by atoms with Crippen LogP contribution in [0, 0.1) is 0 Å². The lowest BCUT2D eigenvalue weighted by molar-refractivity contribution is 0.0951. The molecule has 0 spiro atoms. The smallest absolute Gasteiger partial charge is 0.291 e. The first kappa shape index (κ1) is 15.5. The molecule has 6 nitrogen and oxygen atoms in total. The molecule has 0 bridgehead atoms. The topological polar surface area (TPSA) is 68.0 Å². The molecule has 0 aliphatic heterocycles. The van der Waals surface area contributed by atoms with Crippen molar-refractivity contribution < 1.29 is 9.53 Å². The van der Waals surface area contributed by atoms with Crippen LogP contribution < -0.4 is 10.2 Å². The van der Waals surface area contributed by atoms with Gasteiger partial charge in [0.25, 0.3) is 5.91 Å². The van der Waals surface area contributed by atoms with Crippen LogP contribution in [0.5, 0.6) is 5.75 Å². The summed E-state index contributed by atoms with van der Waals surface area (Å²) in [5, 5.41) is 3.95. The molecule has 0 aliphatic rings. The Labute approximate surface area is 139 Å². The van der Waals surface area contributed by atoms with Crippen LogP contribution >= 0.6 is 0 Å². The van der Waals surface area contributed by atoms with E-state index in [2.05, 4.69) is 22.1 Å². The summed E-state index contributed by atoms with van der Waals surface area (Å²) < 4.78 is 7.17. The third kappa shape index (κ3) is 3.67. The van der Waals surface area contributed by atoms with E-state index in [0.717, 1.165) is 11.3 Å². The van der Waals surface area contributed by atoms with E-state index in [1.165, 1.54) is 0 Å². The van der Waals surface area contributed by atoms with Gasteiger partial charge in [-0.2, -0.15) is 5.10 Å². The van der Waals surface area contributed by atoms with Crippen molar-refractivity contribution >= 4 is 17.8 Å². The quantitative estimate of drug-likeness (QED) is 0.431. The van der Waals surface area contributed by atoms with Crippen molar-refractivity contribution in [2.24, 2.45) is 5.10 Å². The van der Waals surface area contributed by atoms with Gasteiger partial charge >= 0.3 is 0 Å². The molecule has 1 N–H and O–H groups in total. The molecule has 1 amide bonds. The van der Waals surface area contributed by atoms with Gasteiger partial charge < -0.3 is 9.14 Å². The third-order valence-corrected chi connectivity index (χ3v) is 3.22. The molecule has 0 fully saturated rings. The molecule has 24 heavy (non-hydrogen) atoms. The second-order valence-corrected chi connectivity index (χ2v) is 4.96. The van der Waals surface area contributed by atoms with Gasteiger partial charge in [-0.05, 0) is 42.0 Å². The molecule has 3 aromatic rings. The first-order valence-corrected chi connectivity index (χ1v) is 7.37. The number of imidazole rings is 1. The van der Waals surface area contributed by atoms with E-state index in [1.807, 2.05) is 48.7 Å². The molecule has 3 rings (SSSR count). The summed E-state index contributed by atoms with van der Waals surface area (Å²) in [6.07, 6.45) is 6.74. The van der Waals surface area contributed by atoms with Gasteiger partial charge in [0.1, 0.15) is 23.7 Å². The first-order chi connectivity index (χ1) is 11.8. The minimum absolute atomic E-state index is 0.312. The lowest BCUT2D eigenvalue weighted by Gasteiger charge is -2.02. The maximum Gasteiger partial charge on any atom is 0.291 e. The van der Waals surface area contributed by atoms with Crippen LogP contribution in [0.25, 0.3) is 5.65 Å². The Hall–Kier alpha value is -3.41. The van der Waals surface area contributed by atoms with Crippen molar-refractivity contribution in [1.29, 1.82) is 0 Å². The Morgan fingerprint density at radius 3 is 2.88 bits per heavy atom. The molecule has 0 aliphatic carbocycles. The predicted octanol–water partition coefficient (Wildman–Crippen LogP) is 2.66. The second-order valence-electron chi connectivity index (χ2n) is 4.96. The van der Waals surface area contributed by atoms with Crippen molar-refractivity contribution in [2.45, 2.75) is 0 Å². The average molecular weight is 320 g/mol. The Morgan fingerprint density at radius 2 is 2.12 bits per heavy atom. The summed E-state index contributed by atoms with van der Waals surface area (Å²) in [5.41, 5.74) is 4.33. The SMILES string of the molecule is C=CCOc1ccc(/C=N/NC(=O)c2cn3ccccc3n2)cc1. The van der Waals surface area contributed by atoms with Crippen molar-refractivity contribution in [3.05, 3.63) is 78.8 Å². The number of carbonyl (C=O) groups is 1. The fraction of sp³-hybridized carbons (Fsp3) is 0.0556. The van der Waals surface area contributed by atoms with Gasteiger partial charge in [-0.25, -0.2) is 10.4 Å². The second kappa shape index (κ2) is 7.23. The van der Waals surface area contributed by atoms with Crippen LogP contribution in [0.3, 0.4) is 0 Å². The highest BCUT2D eigenvalue weighted by Crippen LogP contribution is 2.11. The lowest BCUT2D eigenvalue weighted by atomic mass is 10.2. The zero-order valence-electron chi connectivity index (χ0n) is 12.9. The fourth-order valence-electron chi connectivity index (χ4n) is 2.07. The van der Waals surface area contributed by atoms with Gasteiger partial charge in [-0.3, -0.25) is 4.79 Å². The summed E-state index contributed by atoms with van der Waals surface area (Å²) in [4.78, 5) is 16.3. The highest BCUT2D eigenvalue weighted by molar-refractivity contribution is 5.93. The zero-order chi connectivity index (χ0) is 16.8. The van der Waals surface area contributed by atoms with E-state index in [4.69, 9.17) is 4.74 Å². The molecule has 0 saturated heterocycles. The summed E-state index contributed by atoms with van der Waals surface area (Å²) in [7, 11) is 0. The molecule has 0 radical (unpaired) electrons. The number of hydrazone groups is 1. The van der Waals surface area contributed by atoms with E-state index in [0.29, 0.717) is 17.9 Å². The summed E-state index contributed by atoms with van der Waals surface area (Å²) >= 11 is 0. The predicted molar refractivity (Wildman–Crippen MR) is 92.4 cm³/mol. The van der Waals surface area contributed by atoms with Crippen molar-refractivity contribution in [3.8, 4) is 5.75 Å². The number of carbonyl (C=O) groups excluding carboxylic acids is 1. The standard InChI is InChI=1S/C18H16N4O2/c1-2-11-24-15-8-6-14(7-9-15)12-19-21-18(23)16-13-22-10-4-3-5-17(22)20-16/h2-10,12-13H,1,11H2,(H,21,23)/b19-12+. The lowest BCUT2D eigenvalue weighted by Crippen LogP contribution is -2.17. The first-order valence-electron chi connectivity index (χ1n) is 7.37. The minimum atomic E-state index is -0.360. The number of amides is 1. The van der Waals surface area contributed by atoms with Crippen LogP contribution in [-0.4, -0.2) is 28.1 Å². The molecule has 6 heteroatoms. The van der Waals surface area contributed by atoms with Gasteiger partial charge in [-0.15, -0.1) is 0 Å². The van der Waals surface area contributed by atoms with E-state index < -0.39 is 0 Å². The summed E-state index contributed by atoms with van der Waals surface area (Å²) in [5.74, 6) is 0.390. The maximum absolute atomic E-state index is 12.0. The molecule has 1 aromatic carbocycles. The summed E-state index contributed by atoms with van der Waals surface area (Å²) in [6.45, 7) is 4.06. The Bertz CT molecular complexity index is 848. The number of nitrogens with zero attached hydrogens (tertiary/aromatic N) is 3. The number of ether oxygens (including phenoxy) is 1.